The van der Waals surface area contributed by atoms with Crippen LogP contribution in [0.5, 0.6) is 5.75 Å². The fourth-order valence-corrected chi connectivity index (χ4v) is 1.55. The average Bonchev–Trinajstić information content (AvgIpc) is 2.10. The Labute approximate surface area is 98.0 Å². The maximum atomic E-state index is 9.63. The third-order valence-corrected chi connectivity index (χ3v) is 2.54. The summed E-state index contributed by atoms with van der Waals surface area (Å²) >= 11 is 3.23. The maximum Gasteiger partial charge on any atom is 0.134 e. The van der Waals surface area contributed by atoms with Gasteiger partial charge in [-0.2, -0.15) is 0 Å². The number of para-hydroxylation sites is 1. The van der Waals surface area contributed by atoms with Crippen molar-refractivity contribution in [3.05, 3.63) is 28.2 Å². The van der Waals surface area contributed by atoms with Crippen LogP contribution in [-0.4, -0.2) is 11.7 Å². The molecule has 1 aromatic rings. The third kappa shape index (κ3) is 3.13. The highest BCUT2D eigenvalue weighted by Gasteiger charge is 2.11. The predicted octanol–water partition coefficient (Wildman–Crippen LogP) is 1.93. The summed E-state index contributed by atoms with van der Waals surface area (Å²) in [6.45, 7) is 0.521. The number of rotatable bonds is 3. The van der Waals surface area contributed by atoms with Crippen LogP contribution >= 0.6 is 28.3 Å². The highest BCUT2D eigenvalue weighted by Crippen LogP contribution is 2.31. The molecule has 1 atom stereocenters. The van der Waals surface area contributed by atoms with E-state index in [4.69, 9.17) is 11.5 Å². The zero-order chi connectivity index (χ0) is 9.84. The summed E-state index contributed by atoms with van der Waals surface area (Å²) in [6, 6.07) is 5.23. The van der Waals surface area contributed by atoms with Crippen LogP contribution in [0, 0.1) is 0 Å². The molecule has 0 aliphatic rings. The molecule has 0 fully saturated rings. The summed E-state index contributed by atoms with van der Waals surface area (Å²) in [7, 11) is 0. The molecular weight excluding hydrogens is 267 g/mol. The van der Waals surface area contributed by atoms with Crippen molar-refractivity contribution in [1.82, 2.24) is 0 Å². The lowest BCUT2D eigenvalue weighted by Gasteiger charge is -2.12. The van der Waals surface area contributed by atoms with Crippen LogP contribution in [0.2, 0.25) is 0 Å². The number of phenolic OH excluding ortho intramolecular Hbond substituents is 1. The van der Waals surface area contributed by atoms with Crippen LogP contribution in [-0.2, 0) is 0 Å². The van der Waals surface area contributed by atoms with E-state index in [-0.39, 0.29) is 24.2 Å². The van der Waals surface area contributed by atoms with E-state index in [2.05, 4.69) is 15.9 Å². The van der Waals surface area contributed by atoms with Gasteiger partial charge < -0.3 is 16.6 Å². The normalized spacial score (nSPS) is 11.9. The Morgan fingerprint density at radius 1 is 1.43 bits per heavy atom. The third-order valence-electron chi connectivity index (χ3n) is 1.90. The quantitative estimate of drug-likeness (QED) is 0.792. The molecule has 0 aliphatic heterocycles. The summed E-state index contributed by atoms with van der Waals surface area (Å²) in [5.74, 6) is 0.212. The van der Waals surface area contributed by atoms with Crippen molar-refractivity contribution in [3.63, 3.8) is 0 Å². The monoisotopic (exact) mass is 280 g/mol. The van der Waals surface area contributed by atoms with Gasteiger partial charge in [-0.3, -0.25) is 0 Å². The van der Waals surface area contributed by atoms with Gasteiger partial charge in [0.05, 0.1) is 4.47 Å². The van der Waals surface area contributed by atoms with Gasteiger partial charge in [-0.25, -0.2) is 0 Å². The van der Waals surface area contributed by atoms with E-state index in [0.717, 1.165) is 5.56 Å². The molecule has 0 heterocycles. The zero-order valence-corrected chi connectivity index (χ0v) is 10.0. The summed E-state index contributed by atoms with van der Waals surface area (Å²) in [4.78, 5) is 0. The Hall–Kier alpha value is -0.290. The van der Waals surface area contributed by atoms with Gasteiger partial charge in [0.2, 0.25) is 0 Å². The van der Waals surface area contributed by atoms with Gasteiger partial charge in [-0.05, 0) is 35.0 Å². The molecule has 0 amide bonds. The van der Waals surface area contributed by atoms with Crippen molar-refractivity contribution in [2.24, 2.45) is 11.5 Å². The zero-order valence-electron chi connectivity index (χ0n) is 7.61. The Kier molecular flexibility index (Phi) is 6.11. The number of hydrogen-bond donors (Lipinski definition) is 3. The molecule has 0 saturated carbocycles. The van der Waals surface area contributed by atoms with Gasteiger partial charge in [-0.1, -0.05) is 12.1 Å². The maximum absolute atomic E-state index is 9.63. The van der Waals surface area contributed by atoms with Crippen LogP contribution < -0.4 is 11.5 Å². The van der Waals surface area contributed by atoms with Crippen molar-refractivity contribution in [3.8, 4) is 5.75 Å². The van der Waals surface area contributed by atoms with Crippen LogP contribution in [0.1, 0.15) is 18.0 Å². The molecule has 0 saturated heterocycles. The van der Waals surface area contributed by atoms with Crippen molar-refractivity contribution in [2.45, 2.75) is 12.5 Å². The molecule has 0 spiro atoms. The summed E-state index contributed by atoms with van der Waals surface area (Å²) in [6.07, 6.45) is 0.671. The van der Waals surface area contributed by atoms with Gasteiger partial charge in [0, 0.05) is 11.6 Å². The second-order valence-corrected chi connectivity index (χ2v) is 3.72. The Balaban J connectivity index is 0.00000169. The van der Waals surface area contributed by atoms with E-state index in [1.807, 2.05) is 6.07 Å². The van der Waals surface area contributed by atoms with Crippen molar-refractivity contribution < 1.29 is 5.11 Å². The van der Waals surface area contributed by atoms with Crippen LogP contribution in [0.3, 0.4) is 0 Å². The molecule has 0 aliphatic carbocycles. The second-order valence-electron chi connectivity index (χ2n) is 2.86. The number of aromatic hydroxyl groups is 1. The van der Waals surface area contributed by atoms with Gasteiger partial charge in [-0.15, -0.1) is 12.4 Å². The summed E-state index contributed by atoms with van der Waals surface area (Å²) < 4.78 is 0.664. The Morgan fingerprint density at radius 2 is 2.07 bits per heavy atom. The second kappa shape index (κ2) is 6.24. The number of phenols is 1. The van der Waals surface area contributed by atoms with Gasteiger partial charge in [0.15, 0.2) is 0 Å². The molecule has 0 radical (unpaired) electrons. The first-order valence-electron chi connectivity index (χ1n) is 4.10. The number of hydrogen-bond acceptors (Lipinski definition) is 3. The average molecular weight is 282 g/mol. The molecule has 14 heavy (non-hydrogen) atoms. The number of nitrogens with two attached hydrogens (primary N) is 2. The van der Waals surface area contributed by atoms with E-state index in [0.29, 0.717) is 17.4 Å². The van der Waals surface area contributed by atoms with Gasteiger partial charge in [0.25, 0.3) is 0 Å². The standard InChI is InChI=1S/C9H13BrN2O.ClH/c10-7-3-1-2-6(9(7)13)8(12)4-5-11;/h1-3,8,13H,4-5,11-12H2;1H/t8-;/m0./s1. The smallest absolute Gasteiger partial charge is 0.134 e. The SMILES string of the molecule is Cl.NCC[C@H](N)c1cccc(Br)c1O. The molecule has 5 N–H and O–H groups in total. The molecule has 0 bridgehead atoms. The molecule has 0 unspecified atom stereocenters. The van der Waals surface area contributed by atoms with E-state index in [9.17, 15) is 5.11 Å². The highest BCUT2D eigenvalue weighted by molar-refractivity contribution is 9.10. The highest BCUT2D eigenvalue weighted by atomic mass is 79.9. The van der Waals surface area contributed by atoms with Gasteiger partial charge >= 0.3 is 0 Å². The molecule has 0 aromatic heterocycles. The lowest BCUT2D eigenvalue weighted by Crippen LogP contribution is -2.15. The lowest BCUT2D eigenvalue weighted by molar-refractivity contribution is 0.456. The summed E-state index contributed by atoms with van der Waals surface area (Å²) in [5, 5.41) is 9.63. The van der Waals surface area contributed by atoms with Crippen molar-refractivity contribution in [1.29, 1.82) is 0 Å². The first-order valence-corrected chi connectivity index (χ1v) is 4.89. The number of benzene rings is 1. The number of halogens is 2. The molecule has 1 rings (SSSR count). The minimum absolute atomic E-state index is 0. The van der Waals surface area contributed by atoms with E-state index >= 15 is 0 Å². The molecular formula is C9H14BrClN2O. The molecule has 80 valence electrons. The molecule has 3 nitrogen and oxygen atoms in total. The molecule has 1 aromatic carbocycles. The fourth-order valence-electron chi connectivity index (χ4n) is 1.17. The Morgan fingerprint density at radius 3 is 2.64 bits per heavy atom. The van der Waals surface area contributed by atoms with E-state index in [1.54, 1.807) is 12.1 Å². The van der Waals surface area contributed by atoms with Crippen molar-refractivity contribution >= 4 is 28.3 Å². The topological polar surface area (TPSA) is 72.3 Å². The largest absolute Gasteiger partial charge is 0.506 e. The van der Waals surface area contributed by atoms with E-state index in [1.165, 1.54) is 0 Å². The minimum Gasteiger partial charge on any atom is -0.506 e. The molecule has 5 heteroatoms. The van der Waals surface area contributed by atoms with Crippen LogP contribution in [0.4, 0.5) is 0 Å². The minimum atomic E-state index is -0.192. The fraction of sp³-hybridized carbons (Fsp3) is 0.333. The van der Waals surface area contributed by atoms with E-state index < -0.39 is 0 Å². The first kappa shape index (κ1) is 13.7. The summed E-state index contributed by atoms with van der Waals surface area (Å²) in [5.41, 5.74) is 11.9. The first-order chi connectivity index (χ1) is 6.16. The van der Waals surface area contributed by atoms with Crippen molar-refractivity contribution in [2.75, 3.05) is 6.54 Å². The predicted molar refractivity (Wildman–Crippen MR) is 63.7 cm³/mol. The Bertz CT molecular complexity index is 296. The van der Waals surface area contributed by atoms with Crippen LogP contribution in [0.25, 0.3) is 0 Å². The lowest BCUT2D eigenvalue weighted by atomic mass is 10.0. The van der Waals surface area contributed by atoms with Gasteiger partial charge in [0.1, 0.15) is 5.75 Å². The van der Waals surface area contributed by atoms with Crippen LogP contribution in [0.15, 0.2) is 22.7 Å².